The van der Waals surface area contributed by atoms with Gasteiger partial charge in [-0.15, -0.1) is 0 Å². The zero-order valence-corrected chi connectivity index (χ0v) is 9.69. The number of furan rings is 1. The highest BCUT2D eigenvalue weighted by Gasteiger charge is 2.14. The molecular weight excluding hydrogens is 202 g/mol. The zero-order chi connectivity index (χ0) is 11.2. The van der Waals surface area contributed by atoms with Crippen LogP contribution < -0.4 is 5.32 Å². The molecule has 0 saturated heterocycles. The minimum Gasteiger partial charge on any atom is -0.467 e. The molecule has 1 heterocycles. The number of hydrogen-bond donors (Lipinski definition) is 2. The van der Waals surface area contributed by atoms with Crippen LogP contribution >= 0.6 is 0 Å². The third-order valence-corrected chi connectivity index (χ3v) is 3.37. The molecule has 1 saturated carbocycles. The summed E-state index contributed by atoms with van der Waals surface area (Å²) >= 11 is 0. The molecule has 1 aliphatic carbocycles. The van der Waals surface area contributed by atoms with Crippen LogP contribution in [0.4, 0.5) is 0 Å². The van der Waals surface area contributed by atoms with Crippen LogP contribution in [-0.2, 0) is 0 Å². The number of rotatable bonds is 5. The number of aliphatic hydroxyl groups excluding tert-OH is 1. The van der Waals surface area contributed by atoms with Crippen LogP contribution in [0.3, 0.4) is 0 Å². The molecule has 2 N–H and O–H groups in total. The lowest BCUT2D eigenvalue weighted by molar-refractivity contribution is 0.144. The summed E-state index contributed by atoms with van der Waals surface area (Å²) < 4.78 is 5.15. The first-order valence-electron chi connectivity index (χ1n) is 6.28. The van der Waals surface area contributed by atoms with E-state index in [2.05, 4.69) is 5.32 Å². The van der Waals surface area contributed by atoms with E-state index >= 15 is 0 Å². The summed E-state index contributed by atoms with van der Waals surface area (Å²) in [6.07, 6.45) is 7.89. The molecule has 1 fully saturated rings. The molecule has 0 aromatic carbocycles. The molecule has 0 spiro atoms. The smallest absolute Gasteiger partial charge is 0.133 e. The van der Waals surface area contributed by atoms with Gasteiger partial charge in [0.25, 0.3) is 0 Å². The first-order chi connectivity index (χ1) is 7.86. The van der Waals surface area contributed by atoms with Crippen molar-refractivity contribution in [1.29, 1.82) is 0 Å². The first kappa shape index (κ1) is 11.7. The monoisotopic (exact) mass is 223 g/mol. The van der Waals surface area contributed by atoms with E-state index in [0.717, 1.165) is 12.5 Å². The van der Waals surface area contributed by atoms with E-state index in [1.807, 2.05) is 6.07 Å². The minimum absolute atomic E-state index is 0.515. The van der Waals surface area contributed by atoms with Gasteiger partial charge in [0, 0.05) is 6.54 Å². The van der Waals surface area contributed by atoms with Crippen molar-refractivity contribution in [2.45, 2.75) is 38.2 Å². The second-order valence-corrected chi connectivity index (χ2v) is 4.69. The van der Waals surface area contributed by atoms with Crippen LogP contribution in [0.15, 0.2) is 22.8 Å². The van der Waals surface area contributed by atoms with E-state index < -0.39 is 6.10 Å². The van der Waals surface area contributed by atoms with Crippen LogP contribution in [0.1, 0.15) is 44.0 Å². The predicted molar refractivity (Wildman–Crippen MR) is 63.1 cm³/mol. The van der Waals surface area contributed by atoms with Crippen LogP contribution in [0.2, 0.25) is 0 Å². The largest absolute Gasteiger partial charge is 0.467 e. The van der Waals surface area contributed by atoms with Gasteiger partial charge in [-0.3, -0.25) is 0 Å². The number of hydrogen-bond acceptors (Lipinski definition) is 3. The molecule has 0 aliphatic heterocycles. The van der Waals surface area contributed by atoms with E-state index in [9.17, 15) is 5.11 Å². The second-order valence-electron chi connectivity index (χ2n) is 4.69. The Kier molecular flexibility index (Phi) is 4.43. The lowest BCUT2D eigenvalue weighted by Crippen LogP contribution is -2.28. The van der Waals surface area contributed by atoms with Gasteiger partial charge in [0.15, 0.2) is 0 Å². The Morgan fingerprint density at radius 3 is 2.88 bits per heavy atom. The maximum Gasteiger partial charge on any atom is 0.133 e. The maximum absolute atomic E-state index is 9.78. The summed E-state index contributed by atoms with van der Waals surface area (Å²) in [5.74, 6) is 1.45. The Balaban J connectivity index is 1.63. The van der Waals surface area contributed by atoms with Crippen molar-refractivity contribution in [2.75, 3.05) is 13.1 Å². The standard InChI is InChI=1S/C13H21NO2/c15-12(13-7-4-8-16-13)10-14-9-11-5-2-1-3-6-11/h4,7-8,11-12,14-15H,1-3,5-6,9-10H2. The topological polar surface area (TPSA) is 45.4 Å². The summed E-state index contributed by atoms with van der Waals surface area (Å²) in [6, 6.07) is 3.62. The molecule has 2 rings (SSSR count). The SMILES string of the molecule is OC(CNCC1CCCCC1)c1ccco1. The molecule has 0 amide bonds. The molecule has 16 heavy (non-hydrogen) atoms. The molecule has 3 heteroatoms. The highest BCUT2D eigenvalue weighted by molar-refractivity contribution is 5.02. The van der Waals surface area contributed by atoms with Crippen LogP contribution in [0.5, 0.6) is 0 Å². The van der Waals surface area contributed by atoms with E-state index in [1.54, 1.807) is 12.3 Å². The van der Waals surface area contributed by atoms with Gasteiger partial charge >= 0.3 is 0 Å². The van der Waals surface area contributed by atoms with Crippen LogP contribution in [-0.4, -0.2) is 18.2 Å². The number of aliphatic hydroxyl groups is 1. The normalized spacial score (nSPS) is 19.8. The van der Waals surface area contributed by atoms with Gasteiger partial charge in [-0.1, -0.05) is 19.3 Å². The van der Waals surface area contributed by atoms with E-state index in [0.29, 0.717) is 12.3 Å². The number of nitrogens with one attached hydrogen (secondary N) is 1. The molecule has 1 aromatic heterocycles. The third-order valence-electron chi connectivity index (χ3n) is 3.37. The lowest BCUT2D eigenvalue weighted by atomic mass is 9.89. The summed E-state index contributed by atoms with van der Waals surface area (Å²) in [4.78, 5) is 0. The molecule has 1 unspecified atom stereocenters. The molecule has 90 valence electrons. The zero-order valence-electron chi connectivity index (χ0n) is 9.69. The van der Waals surface area contributed by atoms with Crippen LogP contribution in [0.25, 0.3) is 0 Å². The molecule has 1 aromatic rings. The quantitative estimate of drug-likeness (QED) is 0.806. The Hall–Kier alpha value is -0.800. The summed E-state index contributed by atoms with van der Waals surface area (Å²) in [6.45, 7) is 1.61. The highest BCUT2D eigenvalue weighted by atomic mass is 16.4. The Morgan fingerprint density at radius 1 is 1.38 bits per heavy atom. The molecule has 3 nitrogen and oxygen atoms in total. The van der Waals surface area contributed by atoms with E-state index in [1.165, 1.54) is 32.1 Å². The van der Waals surface area contributed by atoms with Gasteiger partial charge in [0.05, 0.1) is 6.26 Å². The van der Waals surface area contributed by atoms with Gasteiger partial charge < -0.3 is 14.8 Å². The van der Waals surface area contributed by atoms with Gasteiger partial charge in [-0.2, -0.15) is 0 Å². The van der Waals surface area contributed by atoms with Gasteiger partial charge in [-0.25, -0.2) is 0 Å². The lowest BCUT2D eigenvalue weighted by Gasteiger charge is -2.22. The predicted octanol–water partition coefficient (Wildman–Crippen LogP) is 2.48. The summed E-state index contributed by atoms with van der Waals surface area (Å²) in [5, 5.41) is 13.1. The average Bonchev–Trinajstić information content (AvgIpc) is 2.84. The van der Waals surface area contributed by atoms with Crippen molar-refractivity contribution >= 4 is 0 Å². The van der Waals surface area contributed by atoms with E-state index in [-0.39, 0.29) is 0 Å². The third kappa shape index (κ3) is 3.35. The molecule has 1 atom stereocenters. The minimum atomic E-state index is -0.515. The fraction of sp³-hybridized carbons (Fsp3) is 0.692. The van der Waals surface area contributed by atoms with Crippen molar-refractivity contribution in [3.63, 3.8) is 0 Å². The van der Waals surface area contributed by atoms with Gasteiger partial charge in [0.2, 0.25) is 0 Å². The Bertz CT molecular complexity index is 278. The molecule has 0 bridgehead atoms. The average molecular weight is 223 g/mol. The second kappa shape index (κ2) is 6.06. The molecule has 0 radical (unpaired) electrons. The van der Waals surface area contributed by atoms with Gasteiger partial charge in [0.1, 0.15) is 11.9 Å². The fourth-order valence-corrected chi connectivity index (χ4v) is 2.40. The molecule has 1 aliphatic rings. The van der Waals surface area contributed by atoms with Gasteiger partial charge in [-0.05, 0) is 37.4 Å². The van der Waals surface area contributed by atoms with Crippen molar-refractivity contribution in [3.05, 3.63) is 24.2 Å². The maximum atomic E-state index is 9.78. The van der Waals surface area contributed by atoms with Crippen molar-refractivity contribution in [3.8, 4) is 0 Å². The van der Waals surface area contributed by atoms with Crippen molar-refractivity contribution in [1.82, 2.24) is 5.32 Å². The highest BCUT2D eigenvalue weighted by Crippen LogP contribution is 2.22. The first-order valence-corrected chi connectivity index (χ1v) is 6.28. The van der Waals surface area contributed by atoms with Crippen molar-refractivity contribution in [2.24, 2.45) is 5.92 Å². The fourth-order valence-electron chi connectivity index (χ4n) is 2.40. The Labute approximate surface area is 96.8 Å². The van der Waals surface area contributed by atoms with Crippen LogP contribution in [0, 0.1) is 5.92 Å². The van der Waals surface area contributed by atoms with Crippen molar-refractivity contribution < 1.29 is 9.52 Å². The summed E-state index contributed by atoms with van der Waals surface area (Å²) in [5.41, 5.74) is 0. The van der Waals surface area contributed by atoms with E-state index in [4.69, 9.17) is 4.42 Å². The molecular formula is C13H21NO2. The summed E-state index contributed by atoms with van der Waals surface area (Å²) in [7, 11) is 0. The Morgan fingerprint density at radius 2 is 2.19 bits per heavy atom.